The maximum absolute atomic E-state index is 13.4. The lowest BCUT2D eigenvalue weighted by Crippen LogP contribution is -2.18. The zero-order valence-corrected chi connectivity index (χ0v) is 12.1. The second kappa shape index (κ2) is 5.24. The number of carbonyl (C=O) groups excluding carboxylic acids is 1. The summed E-state index contributed by atoms with van der Waals surface area (Å²) in [4.78, 5) is 16.4. The molecular weight excluding hydrogens is 295 g/mol. The molecule has 0 bridgehead atoms. The molecule has 0 spiro atoms. The van der Waals surface area contributed by atoms with Crippen LogP contribution in [0.3, 0.4) is 0 Å². The van der Waals surface area contributed by atoms with Gasteiger partial charge in [0.25, 0.3) is 0 Å². The summed E-state index contributed by atoms with van der Waals surface area (Å²) < 4.78 is 17.0. The minimum atomic E-state index is -0.317. The normalized spacial score (nSPS) is 11.2. The van der Waals surface area contributed by atoms with Crippen molar-refractivity contribution in [3.8, 4) is 0 Å². The molecule has 0 saturated carbocycles. The fraction of sp³-hybridized carbons (Fsp3) is 0.0588. The monoisotopic (exact) mass is 308 g/mol. The molecule has 5 nitrogen and oxygen atoms in total. The molecule has 3 heterocycles. The number of pyridine rings is 1. The average molecular weight is 308 g/mol. The predicted molar refractivity (Wildman–Crippen MR) is 85.7 cm³/mol. The summed E-state index contributed by atoms with van der Waals surface area (Å²) >= 11 is 0. The van der Waals surface area contributed by atoms with E-state index in [4.69, 9.17) is 0 Å². The van der Waals surface area contributed by atoms with Crippen LogP contribution in [-0.2, 0) is 11.3 Å². The van der Waals surface area contributed by atoms with Gasteiger partial charge in [0.2, 0.25) is 5.91 Å². The summed E-state index contributed by atoms with van der Waals surface area (Å²) in [6, 6.07) is 10.0. The van der Waals surface area contributed by atoms with Gasteiger partial charge in [-0.3, -0.25) is 4.79 Å². The van der Waals surface area contributed by atoms with Crippen molar-refractivity contribution in [2.45, 2.75) is 6.54 Å². The summed E-state index contributed by atoms with van der Waals surface area (Å²) in [5, 5.41) is 3.74. The highest BCUT2D eigenvalue weighted by Crippen LogP contribution is 2.17. The third-order valence-electron chi connectivity index (χ3n) is 3.73. The first-order chi connectivity index (χ1) is 11.2. The summed E-state index contributed by atoms with van der Waals surface area (Å²) in [7, 11) is 0. The largest absolute Gasteiger partial charge is 0.338 e. The van der Waals surface area contributed by atoms with E-state index in [1.165, 1.54) is 12.1 Å². The van der Waals surface area contributed by atoms with Gasteiger partial charge < -0.3 is 14.3 Å². The summed E-state index contributed by atoms with van der Waals surface area (Å²) in [5.74, 6) is -0.495. The van der Waals surface area contributed by atoms with Crippen LogP contribution in [0.2, 0.25) is 0 Å². The van der Waals surface area contributed by atoms with Gasteiger partial charge in [0.05, 0.1) is 5.52 Å². The van der Waals surface area contributed by atoms with Crippen LogP contribution in [0.15, 0.2) is 61.2 Å². The van der Waals surface area contributed by atoms with Crippen LogP contribution in [0.1, 0.15) is 0 Å². The Hall–Kier alpha value is -3.15. The highest BCUT2D eigenvalue weighted by Gasteiger charge is 2.08. The van der Waals surface area contributed by atoms with Gasteiger partial charge in [-0.2, -0.15) is 0 Å². The lowest BCUT2D eigenvalue weighted by atomic mass is 10.2. The molecule has 0 atom stereocenters. The number of hydrogen-bond donors (Lipinski definition) is 1. The van der Waals surface area contributed by atoms with E-state index >= 15 is 0 Å². The number of imidazole rings is 1. The van der Waals surface area contributed by atoms with Gasteiger partial charge in [0.15, 0.2) is 0 Å². The topological polar surface area (TPSA) is 51.3 Å². The molecule has 0 fully saturated rings. The Balaban J connectivity index is 1.55. The van der Waals surface area contributed by atoms with Crippen molar-refractivity contribution in [2.75, 3.05) is 5.32 Å². The fourth-order valence-electron chi connectivity index (χ4n) is 2.64. The molecule has 3 aromatic heterocycles. The minimum Gasteiger partial charge on any atom is -0.338 e. The molecule has 6 heteroatoms. The Morgan fingerprint density at radius 2 is 2.04 bits per heavy atom. The highest BCUT2D eigenvalue weighted by atomic mass is 19.1. The zero-order valence-electron chi connectivity index (χ0n) is 12.1. The van der Waals surface area contributed by atoms with Crippen molar-refractivity contribution in [2.24, 2.45) is 0 Å². The number of aromatic nitrogens is 3. The van der Waals surface area contributed by atoms with Crippen LogP contribution in [0.4, 0.5) is 10.1 Å². The van der Waals surface area contributed by atoms with E-state index in [9.17, 15) is 9.18 Å². The van der Waals surface area contributed by atoms with Gasteiger partial charge in [0, 0.05) is 36.5 Å². The van der Waals surface area contributed by atoms with E-state index in [0.717, 1.165) is 11.0 Å². The number of anilines is 1. The SMILES string of the molecule is O=C(Cn1ccc2ccc(F)cc21)Nc1ccn2ccnc2c1. The van der Waals surface area contributed by atoms with Crippen molar-refractivity contribution >= 4 is 28.1 Å². The number of benzene rings is 1. The standard InChI is InChI=1S/C17H13FN4O/c18-13-2-1-12-3-6-22(15(12)9-13)11-17(23)20-14-4-7-21-8-5-19-16(21)10-14/h1-10H,11H2,(H,20,23). The van der Waals surface area contributed by atoms with E-state index in [-0.39, 0.29) is 18.3 Å². The maximum atomic E-state index is 13.4. The van der Waals surface area contributed by atoms with E-state index in [1.807, 2.05) is 22.9 Å². The van der Waals surface area contributed by atoms with Crippen LogP contribution in [0, 0.1) is 5.82 Å². The van der Waals surface area contributed by atoms with E-state index < -0.39 is 0 Å². The number of nitrogens with zero attached hydrogens (tertiary/aromatic N) is 3. The van der Waals surface area contributed by atoms with Crippen LogP contribution >= 0.6 is 0 Å². The first kappa shape index (κ1) is 13.5. The third kappa shape index (κ3) is 2.55. The van der Waals surface area contributed by atoms with Crippen molar-refractivity contribution in [1.29, 1.82) is 0 Å². The van der Waals surface area contributed by atoms with E-state index in [2.05, 4.69) is 10.3 Å². The molecule has 0 aliphatic carbocycles. The fourth-order valence-corrected chi connectivity index (χ4v) is 2.64. The number of carbonyl (C=O) groups is 1. The van der Waals surface area contributed by atoms with Crippen molar-refractivity contribution in [3.63, 3.8) is 0 Å². The number of rotatable bonds is 3. The Morgan fingerprint density at radius 3 is 2.96 bits per heavy atom. The van der Waals surface area contributed by atoms with Crippen molar-refractivity contribution in [3.05, 3.63) is 67.0 Å². The number of nitrogens with one attached hydrogen (secondary N) is 1. The first-order valence-corrected chi connectivity index (χ1v) is 7.16. The molecule has 4 rings (SSSR count). The van der Waals surface area contributed by atoms with Crippen LogP contribution in [0.25, 0.3) is 16.6 Å². The van der Waals surface area contributed by atoms with E-state index in [1.54, 1.807) is 35.2 Å². The molecule has 1 amide bonds. The molecule has 0 radical (unpaired) electrons. The number of hydrogen-bond acceptors (Lipinski definition) is 2. The molecule has 0 saturated heterocycles. The minimum absolute atomic E-state index is 0.118. The van der Waals surface area contributed by atoms with Gasteiger partial charge in [-0.05, 0) is 35.7 Å². The van der Waals surface area contributed by atoms with Gasteiger partial charge in [0.1, 0.15) is 18.0 Å². The maximum Gasteiger partial charge on any atom is 0.244 e. The lowest BCUT2D eigenvalue weighted by molar-refractivity contribution is -0.116. The number of halogens is 1. The second-order valence-electron chi connectivity index (χ2n) is 5.30. The average Bonchev–Trinajstić information content (AvgIpc) is 3.14. The quantitative estimate of drug-likeness (QED) is 0.632. The molecule has 0 aliphatic rings. The van der Waals surface area contributed by atoms with Crippen LogP contribution in [0.5, 0.6) is 0 Å². The Bertz CT molecular complexity index is 1020. The number of amides is 1. The molecule has 23 heavy (non-hydrogen) atoms. The van der Waals surface area contributed by atoms with E-state index in [0.29, 0.717) is 11.2 Å². The molecule has 1 N–H and O–H groups in total. The zero-order chi connectivity index (χ0) is 15.8. The Kier molecular flexibility index (Phi) is 3.08. The number of fused-ring (bicyclic) bond motifs is 2. The molecule has 4 aromatic rings. The third-order valence-corrected chi connectivity index (χ3v) is 3.73. The predicted octanol–water partition coefficient (Wildman–Crippen LogP) is 3.07. The summed E-state index contributed by atoms with van der Waals surface area (Å²) in [6.45, 7) is 0.118. The van der Waals surface area contributed by atoms with Crippen molar-refractivity contribution in [1.82, 2.24) is 14.0 Å². The van der Waals surface area contributed by atoms with Gasteiger partial charge >= 0.3 is 0 Å². The molecular formula is C17H13FN4O. The highest BCUT2D eigenvalue weighted by molar-refractivity contribution is 5.92. The first-order valence-electron chi connectivity index (χ1n) is 7.16. The Morgan fingerprint density at radius 1 is 1.13 bits per heavy atom. The summed E-state index contributed by atoms with van der Waals surface area (Å²) in [6.07, 6.45) is 7.14. The van der Waals surface area contributed by atoms with Gasteiger partial charge in [-0.15, -0.1) is 0 Å². The summed E-state index contributed by atoms with van der Waals surface area (Å²) in [5.41, 5.74) is 2.14. The van der Waals surface area contributed by atoms with Gasteiger partial charge in [-0.25, -0.2) is 9.37 Å². The lowest BCUT2D eigenvalue weighted by Gasteiger charge is -2.08. The van der Waals surface area contributed by atoms with Crippen LogP contribution < -0.4 is 5.32 Å². The van der Waals surface area contributed by atoms with Crippen molar-refractivity contribution < 1.29 is 9.18 Å². The van der Waals surface area contributed by atoms with Crippen LogP contribution in [-0.4, -0.2) is 19.9 Å². The second-order valence-corrected chi connectivity index (χ2v) is 5.30. The molecule has 0 unspecified atom stereocenters. The smallest absolute Gasteiger partial charge is 0.244 e. The molecule has 1 aromatic carbocycles. The molecule has 114 valence electrons. The Labute approximate surface area is 131 Å². The molecule has 0 aliphatic heterocycles. The van der Waals surface area contributed by atoms with Gasteiger partial charge in [-0.1, -0.05) is 0 Å².